The molecule has 0 aliphatic rings. The van der Waals surface area contributed by atoms with Gasteiger partial charge in [0, 0.05) is 15.4 Å². The molecule has 1 amide bonds. The van der Waals surface area contributed by atoms with E-state index in [1.165, 1.54) is 0 Å². The number of nitrogens with zero attached hydrogens (tertiary/aromatic N) is 1. The summed E-state index contributed by atoms with van der Waals surface area (Å²) < 4.78 is 7.77. The summed E-state index contributed by atoms with van der Waals surface area (Å²) in [6.07, 6.45) is 0. The van der Waals surface area contributed by atoms with Crippen LogP contribution in [0.3, 0.4) is 0 Å². The van der Waals surface area contributed by atoms with E-state index in [4.69, 9.17) is 4.42 Å². The second kappa shape index (κ2) is 6.03. The van der Waals surface area contributed by atoms with Gasteiger partial charge < -0.3 is 9.73 Å². The molecule has 0 radical (unpaired) electrons. The van der Waals surface area contributed by atoms with Crippen LogP contribution in [0, 0.1) is 6.92 Å². The predicted octanol–water partition coefficient (Wildman–Crippen LogP) is 5.04. The van der Waals surface area contributed by atoms with Gasteiger partial charge in [-0.05, 0) is 37.3 Å². The lowest BCUT2D eigenvalue weighted by molar-refractivity contribution is 0.0924. The van der Waals surface area contributed by atoms with Gasteiger partial charge in [-0.3, -0.25) is 4.79 Å². The Kier molecular flexibility index (Phi) is 3.86. The molecule has 0 saturated heterocycles. The van der Waals surface area contributed by atoms with Gasteiger partial charge in [-0.15, -0.1) is 11.3 Å². The van der Waals surface area contributed by atoms with Gasteiger partial charge in [0.1, 0.15) is 10.6 Å². The zero-order valence-electron chi connectivity index (χ0n) is 12.8. The van der Waals surface area contributed by atoms with Crippen molar-refractivity contribution in [3.63, 3.8) is 0 Å². The fourth-order valence-corrected chi connectivity index (χ4v) is 3.89. The second-order valence-electron chi connectivity index (χ2n) is 5.45. The number of carbonyl (C=O) groups excluding carboxylic acids is 1. The minimum atomic E-state index is -0.223. The smallest absolute Gasteiger partial charge is 0.287 e. The van der Waals surface area contributed by atoms with Gasteiger partial charge in [0.15, 0.2) is 5.76 Å². The zero-order chi connectivity index (χ0) is 16.7. The number of rotatable bonds is 3. The van der Waals surface area contributed by atoms with Crippen molar-refractivity contribution in [1.82, 2.24) is 10.3 Å². The number of para-hydroxylation sites is 1. The maximum atomic E-state index is 12.5. The summed E-state index contributed by atoms with van der Waals surface area (Å²) in [6, 6.07) is 13.7. The van der Waals surface area contributed by atoms with Crippen molar-refractivity contribution in [2.45, 2.75) is 13.5 Å². The van der Waals surface area contributed by atoms with Crippen molar-refractivity contribution >= 4 is 54.4 Å². The van der Waals surface area contributed by atoms with Crippen LogP contribution < -0.4 is 5.32 Å². The van der Waals surface area contributed by atoms with Gasteiger partial charge in [0.2, 0.25) is 0 Å². The molecule has 4 nitrogen and oxygen atoms in total. The Morgan fingerprint density at radius 2 is 2.12 bits per heavy atom. The molecule has 0 saturated carbocycles. The van der Waals surface area contributed by atoms with Crippen molar-refractivity contribution in [3.05, 3.63) is 63.3 Å². The van der Waals surface area contributed by atoms with Crippen molar-refractivity contribution in [2.75, 3.05) is 0 Å². The monoisotopic (exact) mass is 400 g/mol. The molecule has 2 heterocycles. The van der Waals surface area contributed by atoms with E-state index < -0.39 is 0 Å². The number of carbonyl (C=O) groups is 1. The molecular weight excluding hydrogens is 388 g/mol. The number of aryl methyl sites for hydroxylation is 1. The Bertz CT molecular complexity index is 1030. The van der Waals surface area contributed by atoms with E-state index in [9.17, 15) is 4.79 Å². The Labute approximate surface area is 150 Å². The van der Waals surface area contributed by atoms with Crippen LogP contribution in [-0.2, 0) is 6.54 Å². The largest absolute Gasteiger partial charge is 0.451 e. The van der Waals surface area contributed by atoms with Crippen LogP contribution in [0.25, 0.3) is 21.2 Å². The number of nitrogens with one attached hydrogen (secondary N) is 1. The highest BCUT2D eigenvalue weighted by atomic mass is 79.9. The van der Waals surface area contributed by atoms with Gasteiger partial charge in [-0.2, -0.15) is 0 Å². The fraction of sp³-hybridized carbons (Fsp3) is 0.111. The maximum Gasteiger partial charge on any atom is 0.287 e. The molecule has 2 aromatic heterocycles. The van der Waals surface area contributed by atoms with Crippen molar-refractivity contribution in [1.29, 1.82) is 0 Å². The summed E-state index contributed by atoms with van der Waals surface area (Å²) >= 11 is 5.00. The van der Waals surface area contributed by atoms with E-state index in [0.29, 0.717) is 17.9 Å². The first kappa shape index (κ1) is 15.4. The molecule has 0 spiro atoms. The standard InChI is InChI=1S/C18H13BrN2O2S/c1-10-12-7-6-11(19)8-14(12)23-17(10)18(22)20-9-16-21-13-4-2-3-5-15(13)24-16/h2-8H,9H2,1H3,(H,20,22). The quantitative estimate of drug-likeness (QED) is 0.523. The first-order chi connectivity index (χ1) is 11.6. The predicted molar refractivity (Wildman–Crippen MR) is 99.4 cm³/mol. The van der Waals surface area contributed by atoms with E-state index in [1.54, 1.807) is 11.3 Å². The highest BCUT2D eigenvalue weighted by Gasteiger charge is 2.18. The maximum absolute atomic E-state index is 12.5. The first-order valence-corrected chi connectivity index (χ1v) is 9.04. The summed E-state index contributed by atoms with van der Waals surface area (Å²) in [5.41, 5.74) is 2.50. The molecule has 6 heteroatoms. The minimum Gasteiger partial charge on any atom is -0.451 e. The van der Waals surface area contributed by atoms with Crippen molar-refractivity contribution in [2.24, 2.45) is 0 Å². The van der Waals surface area contributed by atoms with Gasteiger partial charge in [-0.25, -0.2) is 4.98 Å². The van der Waals surface area contributed by atoms with Crippen LogP contribution in [0.5, 0.6) is 0 Å². The fourth-order valence-electron chi connectivity index (χ4n) is 2.65. The molecule has 0 aliphatic carbocycles. The number of hydrogen-bond donors (Lipinski definition) is 1. The third kappa shape index (κ3) is 2.72. The Morgan fingerprint density at radius 3 is 2.96 bits per heavy atom. The highest BCUT2D eigenvalue weighted by molar-refractivity contribution is 9.10. The minimum absolute atomic E-state index is 0.223. The highest BCUT2D eigenvalue weighted by Crippen LogP contribution is 2.28. The number of furan rings is 1. The molecule has 0 unspecified atom stereocenters. The lowest BCUT2D eigenvalue weighted by atomic mass is 10.1. The number of thiazole rings is 1. The molecule has 1 N–H and O–H groups in total. The number of halogens is 1. The number of aromatic nitrogens is 1. The van der Waals surface area contributed by atoms with E-state index in [0.717, 1.165) is 30.6 Å². The van der Waals surface area contributed by atoms with E-state index in [2.05, 4.69) is 26.2 Å². The molecular formula is C18H13BrN2O2S. The molecule has 24 heavy (non-hydrogen) atoms. The summed E-state index contributed by atoms with van der Waals surface area (Å²) in [5, 5.41) is 4.72. The van der Waals surface area contributed by atoms with E-state index in [1.807, 2.05) is 49.4 Å². The zero-order valence-corrected chi connectivity index (χ0v) is 15.2. The third-order valence-electron chi connectivity index (χ3n) is 3.84. The number of hydrogen-bond acceptors (Lipinski definition) is 4. The SMILES string of the molecule is Cc1c(C(=O)NCc2nc3ccccc3s2)oc2cc(Br)ccc12. The van der Waals surface area contributed by atoms with Crippen LogP contribution in [0.4, 0.5) is 0 Å². The van der Waals surface area contributed by atoms with Crippen LogP contribution in [-0.4, -0.2) is 10.9 Å². The van der Waals surface area contributed by atoms with Crippen LogP contribution in [0.2, 0.25) is 0 Å². The Balaban J connectivity index is 1.56. The van der Waals surface area contributed by atoms with Crippen LogP contribution in [0.15, 0.2) is 51.4 Å². The molecule has 4 aromatic rings. The molecule has 0 bridgehead atoms. The average Bonchev–Trinajstić information content (AvgIpc) is 3.13. The van der Waals surface area contributed by atoms with Crippen LogP contribution >= 0.6 is 27.3 Å². The molecule has 0 atom stereocenters. The van der Waals surface area contributed by atoms with Crippen molar-refractivity contribution < 1.29 is 9.21 Å². The molecule has 120 valence electrons. The Morgan fingerprint density at radius 1 is 1.29 bits per heavy atom. The van der Waals surface area contributed by atoms with Gasteiger partial charge in [-0.1, -0.05) is 28.1 Å². The van der Waals surface area contributed by atoms with Crippen molar-refractivity contribution in [3.8, 4) is 0 Å². The van der Waals surface area contributed by atoms with Gasteiger partial charge in [0.25, 0.3) is 5.91 Å². The lowest BCUT2D eigenvalue weighted by Gasteiger charge is -2.00. The lowest BCUT2D eigenvalue weighted by Crippen LogP contribution is -2.22. The molecule has 0 aliphatic heterocycles. The van der Waals surface area contributed by atoms with Gasteiger partial charge >= 0.3 is 0 Å². The summed E-state index contributed by atoms with van der Waals surface area (Å²) in [6.45, 7) is 2.28. The number of fused-ring (bicyclic) bond motifs is 2. The summed E-state index contributed by atoms with van der Waals surface area (Å²) in [7, 11) is 0. The third-order valence-corrected chi connectivity index (χ3v) is 5.37. The first-order valence-electron chi connectivity index (χ1n) is 7.43. The summed E-state index contributed by atoms with van der Waals surface area (Å²) in [4.78, 5) is 17.0. The normalized spacial score (nSPS) is 11.2. The van der Waals surface area contributed by atoms with Gasteiger partial charge in [0.05, 0.1) is 16.8 Å². The summed E-state index contributed by atoms with van der Waals surface area (Å²) in [5.74, 6) is 0.128. The Hall–Kier alpha value is -2.18. The second-order valence-corrected chi connectivity index (χ2v) is 7.49. The average molecular weight is 401 g/mol. The van der Waals surface area contributed by atoms with Crippen LogP contribution in [0.1, 0.15) is 21.1 Å². The number of amides is 1. The topological polar surface area (TPSA) is 55.1 Å². The molecule has 4 rings (SSSR count). The number of benzene rings is 2. The molecule has 0 fully saturated rings. The van der Waals surface area contributed by atoms with E-state index in [-0.39, 0.29) is 5.91 Å². The molecule has 2 aromatic carbocycles. The van der Waals surface area contributed by atoms with E-state index >= 15 is 0 Å².